The van der Waals surface area contributed by atoms with E-state index in [1.807, 2.05) is 0 Å². The molecule has 4 atom stereocenters. The Morgan fingerprint density at radius 3 is 2.38 bits per heavy atom. The van der Waals surface area contributed by atoms with E-state index in [1.165, 1.54) is 0 Å². The second kappa shape index (κ2) is 4.52. The Bertz CT molecular complexity index is 330. The molecule has 0 aliphatic heterocycles. The fraction of sp³-hybridized carbons (Fsp3) is 0.714. The highest BCUT2D eigenvalue weighted by atomic mass is 16.1. The SMILES string of the molecule is CCCCC(=O)[C@H]1[C@@H](C(C)=O)[C@@H]2C=C[C@H]1C2. The summed E-state index contributed by atoms with van der Waals surface area (Å²) in [7, 11) is 0. The van der Waals surface area contributed by atoms with Crippen molar-refractivity contribution < 1.29 is 9.59 Å². The van der Waals surface area contributed by atoms with Gasteiger partial charge in [-0.2, -0.15) is 0 Å². The second-order valence-corrected chi connectivity index (χ2v) is 5.18. The molecule has 0 aromatic carbocycles. The molecule has 2 rings (SSSR count). The molecule has 1 fully saturated rings. The first-order valence-electron chi connectivity index (χ1n) is 6.36. The summed E-state index contributed by atoms with van der Waals surface area (Å²) in [6.07, 6.45) is 7.97. The number of Topliss-reactive ketones (excluding diaryl/α,β-unsaturated/α-hetero) is 2. The monoisotopic (exact) mass is 220 g/mol. The average Bonchev–Trinajstić information content (AvgIpc) is 2.84. The van der Waals surface area contributed by atoms with Gasteiger partial charge in [0.15, 0.2) is 0 Å². The highest BCUT2D eigenvalue weighted by Gasteiger charge is 2.49. The Balaban J connectivity index is 2.10. The van der Waals surface area contributed by atoms with Gasteiger partial charge in [-0.05, 0) is 31.6 Å². The molecule has 0 spiro atoms. The first-order chi connectivity index (χ1) is 7.65. The molecule has 0 unspecified atom stereocenters. The summed E-state index contributed by atoms with van der Waals surface area (Å²) < 4.78 is 0. The first-order valence-corrected chi connectivity index (χ1v) is 6.36. The molecule has 0 N–H and O–H groups in total. The lowest BCUT2D eigenvalue weighted by Crippen LogP contribution is -2.31. The van der Waals surface area contributed by atoms with Crippen LogP contribution in [0.15, 0.2) is 12.2 Å². The van der Waals surface area contributed by atoms with Crippen LogP contribution in [0, 0.1) is 23.7 Å². The summed E-state index contributed by atoms with van der Waals surface area (Å²) in [6.45, 7) is 3.73. The summed E-state index contributed by atoms with van der Waals surface area (Å²) in [6, 6.07) is 0. The number of carbonyl (C=O) groups excluding carboxylic acids is 2. The topological polar surface area (TPSA) is 34.1 Å². The lowest BCUT2D eigenvalue weighted by Gasteiger charge is -2.24. The molecule has 2 aliphatic rings. The third-order valence-corrected chi connectivity index (χ3v) is 4.08. The van der Waals surface area contributed by atoms with E-state index in [0.717, 1.165) is 19.3 Å². The van der Waals surface area contributed by atoms with Crippen LogP contribution in [0.5, 0.6) is 0 Å². The molecule has 16 heavy (non-hydrogen) atoms. The minimum Gasteiger partial charge on any atom is -0.300 e. The Morgan fingerprint density at radius 1 is 1.19 bits per heavy atom. The minimum absolute atomic E-state index is 0.000880. The molecule has 0 amide bonds. The highest BCUT2D eigenvalue weighted by Crippen LogP contribution is 2.49. The van der Waals surface area contributed by atoms with E-state index in [1.54, 1.807) is 6.92 Å². The van der Waals surface area contributed by atoms with Gasteiger partial charge in [0.05, 0.1) is 0 Å². The van der Waals surface area contributed by atoms with Gasteiger partial charge >= 0.3 is 0 Å². The van der Waals surface area contributed by atoms with E-state index in [9.17, 15) is 9.59 Å². The number of allylic oxidation sites excluding steroid dienone is 2. The van der Waals surface area contributed by atoms with Gasteiger partial charge in [0.25, 0.3) is 0 Å². The summed E-state index contributed by atoms with van der Waals surface area (Å²) in [4.78, 5) is 23.8. The smallest absolute Gasteiger partial charge is 0.137 e. The molecule has 0 saturated heterocycles. The van der Waals surface area contributed by atoms with Gasteiger partial charge < -0.3 is 0 Å². The number of hydrogen-bond donors (Lipinski definition) is 0. The zero-order valence-electron chi connectivity index (χ0n) is 10.1. The number of fused-ring (bicyclic) bond motifs is 2. The van der Waals surface area contributed by atoms with Crippen molar-refractivity contribution in [3.05, 3.63) is 12.2 Å². The predicted octanol–water partition coefficient (Wildman–Crippen LogP) is 2.77. The van der Waals surface area contributed by atoms with Crippen molar-refractivity contribution in [2.45, 2.75) is 39.5 Å². The van der Waals surface area contributed by atoms with E-state index in [-0.39, 0.29) is 17.6 Å². The van der Waals surface area contributed by atoms with Gasteiger partial charge in [-0.25, -0.2) is 0 Å². The molecular formula is C14H20O2. The van der Waals surface area contributed by atoms with Gasteiger partial charge in [-0.3, -0.25) is 9.59 Å². The van der Waals surface area contributed by atoms with Crippen LogP contribution in [-0.2, 0) is 9.59 Å². The van der Waals surface area contributed by atoms with Crippen molar-refractivity contribution in [2.24, 2.45) is 23.7 Å². The number of unbranched alkanes of at least 4 members (excludes halogenated alkanes) is 1. The normalized spacial score (nSPS) is 35.6. The molecule has 1 saturated carbocycles. The van der Waals surface area contributed by atoms with Crippen molar-refractivity contribution >= 4 is 11.6 Å². The van der Waals surface area contributed by atoms with E-state index < -0.39 is 0 Å². The molecule has 2 nitrogen and oxygen atoms in total. The third-order valence-electron chi connectivity index (χ3n) is 4.08. The zero-order valence-corrected chi connectivity index (χ0v) is 10.1. The van der Waals surface area contributed by atoms with Crippen LogP contribution in [0.2, 0.25) is 0 Å². The molecule has 0 heterocycles. The van der Waals surface area contributed by atoms with E-state index in [0.29, 0.717) is 24.0 Å². The fourth-order valence-electron chi connectivity index (χ4n) is 3.33. The van der Waals surface area contributed by atoms with E-state index in [2.05, 4.69) is 19.1 Å². The molecule has 2 aliphatic carbocycles. The summed E-state index contributed by atoms with van der Waals surface area (Å²) in [5, 5.41) is 0. The van der Waals surface area contributed by atoms with Gasteiger partial charge in [0.1, 0.15) is 11.6 Å². The van der Waals surface area contributed by atoms with Crippen molar-refractivity contribution in [3.8, 4) is 0 Å². The lowest BCUT2D eigenvalue weighted by molar-refractivity contribution is -0.131. The second-order valence-electron chi connectivity index (χ2n) is 5.18. The quantitative estimate of drug-likeness (QED) is 0.668. The molecule has 0 aromatic rings. The Kier molecular flexibility index (Phi) is 3.27. The van der Waals surface area contributed by atoms with Crippen LogP contribution in [0.1, 0.15) is 39.5 Å². The number of rotatable bonds is 5. The zero-order chi connectivity index (χ0) is 11.7. The van der Waals surface area contributed by atoms with E-state index in [4.69, 9.17) is 0 Å². The molecule has 0 radical (unpaired) electrons. The first kappa shape index (κ1) is 11.6. The molecule has 2 bridgehead atoms. The Hall–Kier alpha value is -0.920. The van der Waals surface area contributed by atoms with Crippen molar-refractivity contribution in [2.75, 3.05) is 0 Å². The van der Waals surface area contributed by atoms with Crippen LogP contribution in [0.3, 0.4) is 0 Å². The molecular weight excluding hydrogens is 200 g/mol. The summed E-state index contributed by atoms with van der Waals surface area (Å²) in [5.74, 6) is 1.20. The largest absolute Gasteiger partial charge is 0.300 e. The van der Waals surface area contributed by atoms with Gasteiger partial charge in [-0.15, -0.1) is 0 Å². The van der Waals surface area contributed by atoms with Crippen molar-refractivity contribution in [3.63, 3.8) is 0 Å². The summed E-state index contributed by atoms with van der Waals surface area (Å²) in [5.41, 5.74) is 0. The maximum Gasteiger partial charge on any atom is 0.137 e. The molecule has 0 aromatic heterocycles. The van der Waals surface area contributed by atoms with Gasteiger partial charge in [-0.1, -0.05) is 25.5 Å². The standard InChI is InChI=1S/C14H20O2/c1-3-4-5-12(16)14-11-7-6-10(8-11)13(14)9(2)15/h6-7,10-11,13-14H,3-5,8H2,1-2H3/t10-,11+,13+,14+/m1/s1. The predicted molar refractivity (Wildman–Crippen MR) is 62.9 cm³/mol. The lowest BCUT2D eigenvalue weighted by atomic mass is 9.77. The summed E-state index contributed by atoms with van der Waals surface area (Å²) >= 11 is 0. The Morgan fingerprint density at radius 2 is 1.81 bits per heavy atom. The van der Waals surface area contributed by atoms with Crippen molar-refractivity contribution in [1.29, 1.82) is 0 Å². The van der Waals surface area contributed by atoms with E-state index >= 15 is 0 Å². The van der Waals surface area contributed by atoms with Crippen molar-refractivity contribution in [1.82, 2.24) is 0 Å². The number of hydrogen-bond acceptors (Lipinski definition) is 2. The molecule has 88 valence electrons. The van der Waals surface area contributed by atoms with Crippen LogP contribution in [0.4, 0.5) is 0 Å². The van der Waals surface area contributed by atoms with Gasteiger partial charge in [0, 0.05) is 18.3 Å². The Labute approximate surface area is 97.1 Å². The number of carbonyl (C=O) groups is 2. The third kappa shape index (κ3) is 1.85. The molecule has 2 heteroatoms. The maximum absolute atomic E-state index is 12.1. The van der Waals surface area contributed by atoms with Crippen LogP contribution in [-0.4, -0.2) is 11.6 Å². The fourth-order valence-corrected chi connectivity index (χ4v) is 3.33. The number of ketones is 2. The highest BCUT2D eigenvalue weighted by molar-refractivity contribution is 5.90. The van der Waals surface area contributed by atoms with Crippen LogP contribution in [0.25, 0.3) is 0 Å². The van der Waals surface area contributed by atoms with Crippen LogP contribution < -0.4 is 0 Å². The minimum atomic E-state index is -0.0145. The average molecular weight is 220 g/mol. The van der Waals surface area contributed by atoms with Gasteiger partial charge in [0.2, 0.25) is 0 Å². The maximum atomic E-state index is 12.1. The van der Waals surface area contributed by atoms with Crippen LogP contribution >= 0.6 is 0 Å².